The van der Waals surface area contributed by atoms with Gasteiger partial charge in [-0.05, 0) is 70.6 Å². The highest BCUT2D eigenvalue weighted by Crippen LogP contribution is 2.19. The molecule has 1 atom stereocenters. The second-order valence-corrected chi connectivity index (χ2v) is 24.9. The third-order valence-corrected chi connectivity index (χ3v) is 16.7. The lowest BCUT2D eigenvalue weighted by atomic mass is 10.0. The normalized spacial score (nSPS) is 12.1. The van der Waals surface area contributed by atoms with E-state index in [0.29, 0.717) is 19.3 Å². The molecule has 0 radical (unpaired) electrons. The monoisotopic (exact) mass is 1130 g/mol. The van der Waals surface area contributed by atoms with Crippen LogP contribution in [0.25, 0.3) is 0 Å². The molecule has 0 aromatic heterocycles. The number of rotatable bonds is 68. The number of hydrogen-bond acceptors (Lipinski definition) is 6. The number of hydrogen-bond donors (Lipinski definition) is 0. The van der Waals surface area contributed by atoms with Crippen LogP contribution in [-0.2, 0) is 28.6 Å². The van der Waals surface area contributed by atoms with Gasteiger partial charge in [0, 0.05) is 19.3 Å². The molecule has 0 fully saturated rings. The van der Waals surface area contributed by atoms with Crippen LogP contribution in [0.15, 0.2) is 24.3 Å². The van der Waals surface area contributed by atoms with Crippen LogP contribution in [0.2, 0.25) is 0 Å². The lowest BCUT2D eigenvalue weighted by Crippen LogP contribution is -2.30. The summed E-state index contributed by atoms with van der Waals surface area (Å²) in [6, 6.07) is 0. The summed E-state index contributed by atoms with van der Waals surface area (Å²) in [6.07, 6.45) is 85.2. The summed E-state index contributed by atoms with van der Waals surface area (Å²) in [6.45, 7) is 6.69. The van der Waals surface area contributed by atoms with Crippen LogP contribution in [-0.4, -0.2) is 37.2 Å². The summed E-state index contributed by atoms with van der Waals surface area (Å²) in [5, 5.41) is 0. The van der Waals surface area contributed by atoms with Crippen LogP contribution in [0.1, 0.15) is 412 Å². The standard InChI is InChI=1S/C74H140O6/c1-4-7-10-13-16-19-22-25-27-28-29-30-31-32-33-34-35-36-37-38-39-40-41-42-43-44-45-46-47-50-52-55-58-61-64-67-73(76)79-70-71(69-78-72(75)66-63-60-57-54-51-48-24-21-18-15-12-9-6-3)80-74(77)68-65-62-59-56-53-49-26-23-20-17-14-11-8-5-2/h23,26,28-29,71H,4-22,24-25,27,30-70H2,1-3H3/b26-23-,29-28-. The summed E-state index contributed by atoms with van der Waals surface area (Å²) in [7, 11) is 0. The van der Waals surface area contributed by atoms with E-state index >= 15 is 0 Å². The molecule has 0 heterocycles. The Morgan fingerprint density at radius 2 is 0.412 bits per heavy atom. The highest BCUT2D eigenvalue weighted by atomic mass is 16.6. The topological polar surface area (TPSA) is 78.9 Å². The largest absolute Gasteiger partial charge is 0.462 e. The number of ether oxygens (including phenoxy) is 3. The fourth-order valence-corrected chi connectivity index (χ4v) is 11.2. The molecule has 0 N–H and O–H groups in total. The van der Waals surface area contributed by atoms with Gasteiger partial charge in [0.05, 0.1) is 0 Å². The van der Waals surface area contributed by atoms with Gasteiger partial charge in [-0.2, -0.15) is 0 Å². The van der Waals surface area contributed by atoms with Gasteiger partial charge in [0.2, 0.25) is 0 Å². The van der Waals surface area contributed by atoms with E-state index in [1.54, 1.807) is 0 Å². The fourth-order valence-electron chi connectivity index (χ4n) is 11.2. The van der Waals surface area contributed by atoms with Crippen LogP contribution < -0.4 is 0 Å². The van der Waals surface area contributed by atoms with Crippen molar-refractivity contribution >= 4 is 17.9 Å². The number of unbranched alkanes of at least 4 members (excludes halogenated alkanes) is 53. The predicted molar refractivity (Wildman–Crippen MR) is 349 cm³/mol. The number of carbonyl (C=O) groups excluding carboxylic acids is 3. The van der Waals surface area contributed by atoms with E-state index in [1.165, 1.54) is 308 Å². The van der Waals surface area contributed by atoms with Gasteiger partial charge in [0.1, 0.15) is 13.2 Å². The van der Waals surface area contributed by atoms with Crippen LogP contribution >= 0.6 is 0 Å². The molecular formula is C74H140O6. The molecule has 6 heteroatoms. The summed E-state index contributed by atoms with van der Waals surface area (Å²) in [5.74, 6) is -0.847. The fraction of sp³-hybridized carbons (Fsp3) is 0.905. The Morgan fingerprint density at radius 1 is 0.237 bits per heavy atom. The Morgan fingerprint density at radius 3 is 0.625 bits per heavy atom. The van der Waals surface area contributed by atoms with Gasteiger partial charge in [-0.25, -0.2) is 0 Å². The van der Waals surface area contributed by atoms with E-state index in [0.717, 1.165) is 64.2 Å². The van der Waals surface area contributed by atoms with Gasteiger partial charge in [-0.3, -0.25) is 14.4 Å². The molecule has 0 amide bonds. The smallest absolute Gasteiger partial charge is 0.306 e. The quantitative estimate of drug-likeness (QED) is 0.0261. The van der Waals surface area contributed by atoms with Gasteiger partial charge in [0.15, 0.2) is 6.10 Å². The minimum Gasteiger partial charge on any atom is -0.462 e. The van der Waals surface area contributed by atoms with Gasteiger partial charge < -0.3 is 14.2 Å². The van der Waals surface area contributed by atoms with E-state index in [4.69, 9.17) is 14.2 Å². The third-order valence-electron chi connectivity index (χ3n) is 16.7. The molecule has 0 saturated carbocycles. The molecule has 0 aliphatic carbocycles. The maximum Gasteiger partial charge on any atom is 0.306 e. The van der Waals surface area contributed by atoms with Crippen LogP contribution in [0.3, 0.4) is 0 Å². The first-order valence-corrected chi connectivity index (χ1v) is 36.3. The highest BCUT2D eigenvalue weighted by Gasteiger charge is 2.19. The molecule has 0 saturated heterocycles. The Bertz CT molecular complexity index is 1290. The van der Waals surface area contributed by atoms with Crippen LogP contribution in [0.5, 0.6) is 0 Å². The van der Waals surface area contributed by atoms with Crippen molar-refractivity contribution in [3.63, 3.8) is 0 Å². The molecule has 0 aromatic rings. The summed E-state index contributed by atoms with van der Waals surface area (Å²) >= 11 is 0. The zero-order valence-corrected chi connectivity index (χ0v) is 54.4. The van der Waals surface area contributed by atoms with Gasteiger partial charge >= 0.3 is 17.9 Å². The van der Waals surface area contributed by atoms with E-state index in [9.17, 15) is 14.4 Å². The molecule has 80 heavy (non-hydrogen) atoms. The van der Waals surface area contributed by atoms with Crippen molar-refractivity contribution in [3.05, 3.63) is 24.3 Å². The van der Waals surface area contributed by atoms with Gasteiger partial charge in [-0.15, -0.1) is 0 Å². The minimum atomic E-state index is -0.771. The van der Waals surface area contributed by atoms with Crippen LogP contribution in [0, 0.1) is 0 Å². The molecule has 0 rings (SSSR count). The second-order valence-electron chi connectivity index (χ2n) is 24.9. The first-order valence-electron chi connectivity index (χ1n) is 36.3. The molecule has 0 spiro atoms. The molecular weight excluding hydrogens is 985 g/mol. The molecule has 0 bridgehead atoms. The number of carbonyl (C=O) groups is 3. The van der Waals surface area contributed by atoms with Crippen molar-refractivity contribution in [3.8, 4) is 0 Å². The summed E-state index contributed by atoms with van der Waals surface area (Å²) in [5.41, 5.74) is 0. The zero-order valence-electron chi connectivity index (χ0n) is 54.4. The Hall–Kier alpha value is -2.11. The molecule has 6 nitrogen and oxygen atoms in total. The number of esters is 3. The van der Waals surface area contributed by atoms with E-state index < -0.39 is 6.10 Å². The molecule has 0 aliphatic rings. The van der Waals surface area contributed by atoms with Crippen molar-refractivity contribution in [2.24, 2.45) is 0 Å². The summed E-state index contributed by atoms with van der Waals surface area (Å²) in [4.78, 5) is 38.3. The van der Waals surface area contributed by atoms with Crippen molar-refractivity contribution in [1.82, 2.24) is 0 Å². The second kappa shape index (κ2) is 69.4. The maximum atomic E-state index is 12.9. The predicted octanol–water partition coefficient (Wildman–Crippen LogP) is 25.0. The zero-order chi connectivity index (χ0) is 57.8. The van der Waals surface area contributed by atoms with Crippen molar-refractivity contribution in [2.45, 2.75) is 419 Å². The van der Waals surface area contributed by atoms with Crippen molar-refractivity contribution in [1.29, 1.82) is 0 Å². The average molecular weight is 1130 g/mol. The number of allylic oxidation sites excluding steroid dienone is 4. The Kier molecular flexibility index (Phi) is 67.6. The highest BCUT2D eigenvalue weighted by molar-refractivity contribution is 5.71. The Balaban J connectivity index is 4.02. The summed E-state index contributed by atoms with van der Waals surface area (Å²) < 4.78 is 16.9. The first-order chi connectivity index (χ1) is 39.5. The SMILES string of the molecule is CCCCCCC/C=C\CCCCCCCC(=O)OC(COC(=O)CCCCCCCCCCCCCCC)COC(=O)CCCCCCCCCCCCCCCCCCCCCCCCC/C=C\CCCCCCCCCC. The molecule has 1 unspecified atom stereocenters. The lowest BCUT2D eigenvalue weighted by Gasteiger charge is -2.18. The molecule has 472 valence electrons. The average Bonchev–Trinajstić information content (AvgIpc) is 3.46. The molecule has 0 aromatic carbocycles. The molecule has 0 aliphatic heterocycles. The lowest BCUT2D eigenvalue weighted by molar-refractivity contribution is -0.167. The Labute approximate surface area is 500 Å². The maximum absolute atomic E-state index is 12.9. The third kappa shape index (κ3) is 66.7. The van der Waals surface area contributed by atoms with Crippen molar-refractivity contribution < 1.29 is 28.6 Å². The van der Waals surface area contributed by atoms with Crippen LogP contribution in [0.4, 0.5) is 0 Å². The van der Waals surface area contributed by atoms with Crippen molar-refractivity contribution in [2.75, 3.05) is 13.2 Å². The van der Waals surface area contributed by atoms with E-state index in [-0.39, 0.29) is 31.1 Å². The minimum absolute atomic E-state index is 0.0681. The van der Waals surface area contributed by atoms with E-state index in [2.05, 4.69) is 45.1 Å². The first kappa shape index (κ1) is 77.9. The van der Waals surface area contributed by atoms with E-state index in [1.807, 2.05) is 0 Å². The van der Waals surface area contributed by atoms with Gasteiger partial charge in [-0.1, -0.05) is 347 Å². The van der Waals surface area contributed by atoms with Gasteiger partial charge in [0.25, 0.3) is 0 Å².